The molecule has 0 amide bonds. The highest BCUT2D eigenvalue weighted by Gasteiger charge is 2.24. The molecule has 2 atom stereocenters. The zero-order valence-electron chi connectivity index (χ0n) is 7.42. The van der Waals surface area contributed by atoms with Crippen molar-refractivity contribution in [1.29, 1.82) is 0 Å². The Balaban J connectivity index is 2.03. The average molecular weight is 278 g/mol. The summed E-state index contributed by atoms with van der Waals surface area (Å²) in [6, 6.07) is 2.92. The van der Waals surface area contributed by atoms with E-state index in [0.717, 1.165) is 0 Å². The fourth-order valence-corrected chi connectivity index (χ4v) is 4.42. The third-order valence-corrected chi connectivity index (χ3v) is 5.42. The van der Waals surface area contributed by atoms with Crippen LogP contribution in [0.2, 0.25) is 0 Å². The average Bonchev–Trinajstić information content (AvgIpc) is 2.71. The van der Waals surface area contributed by atoms with E-state index in [4.69, 9.17) is 0 Å². The standard InChI is InChI=1S/C9H12BrNS2/c1-2-7-5-13-9(11-7)8-3-6(10)4-12-8/h3-4,7,9,11H,2,5H2,1H3. The van der Waals surface area contributed by atoms with Crippen LogP contribution in [0.5, 0.6) is 0 Å². The fourth-order valence-electron chi connectivity index (χ4n) is 1.39. The van der Waals surface area contributed by atoms with Gasteiger partial charge in [-0.3, -0.25) is 5.32 Å². The molecule has 1 N–H and O–H groups in total. The summed E-state index contributed by atoms with van der Waals surface area (Å²) in [7, 11) is 0. The summed E-state index contributed by atoms with van der Waals surface area (Å²) in [6.45, 7) is 2.24. The lowest BCUT2D eigenvalue weighted by Gasteiger charge is -2.09. The van der Waals surface area contributed by atoms with E-state index in [-0.39, 0.29) is 0 Å². The van der Waals surface area contributed by atoms with E-state index in [9.17, 15) is 0 Å². The highest BCUT2D eigenvalue weighted by Crippen LogP contribution is 2.37. The van der Waals surface area contributed by atoms with Crippen LogP contribution >= 0.6 is 39.0 Å². The van der Waals surface area contributed by atoms with Gasteiger partial charge in [0.2, 0.25) is 0 Å². The van der Waals surface area contributed by atoms with Crippen molar-refractivity contribution >= 4 is 39.0 Å². The SMILES string of the molecule is CCC1CSC(c2cc(Br)cs2)N1. The molecule has 0 saturated carbocycles. The molecule has 1 aromatic rings. The van der Waals surface area contributed by atoms with E-state index in [0.29, 0.717) is 11.4 Å². The monoisotopic (exact) mass is 277 g/mol. The number of halogens is 1. The minimum Gasteiger partial charge on any atom is -0.297 e. The number of thiophene rings is 1. The summed E-state index contributed by atoms with van der Waals surface area (Å²) in [5.41, 5.74) is 0. The Bertz CT molecular complexity index is 287. The molecule has 2 heterocycles. The van der Waals surface area contributed by atoms with E-state index in [1.807, 2.05) is 23.1 Å². The van der Waals surface area contributed by atoms with Crippen LogP contribution in [0.15, 0.2) is 15.9 Å². The number of rotatable bonds is 2. The van der Waals surface area contributed by atoms with Crippen LogP contribution in [-0.2, 0) is 0 Å². The lowest BCUT2D eigenvalue weighted by Crippen LogP contribution is -2.24. The number of hydrogen-bond acceptors (Lipinski definition) is 3. The third kappa shape index (κ3) is 2.29. The van der Waals surface area contributed by atoms with E-state index < -0.39 is 0 Å². The maximum atomic E-state index is 3.62. The molecule has 1 nitrogen and oxygen atoms in total. The van der Waals surface area contributed by atoms with Crippen molar-refractivity contribution < 1.29 is 0 Å². The summed E-state index contributed by atoms with van der Waals surface area (Å²) in [5, 5.41) is 6.30. The van der Waals surface area contributed by atoms with Gasteiger partial charge in [-0.1, -0.05) is 6.92 Å². The van der Waals surface area contributed by atoms with Crippen LogP contribution in [0.3, 0.4) is 0 Å². The minimum atomic E-state index is 0.529. The molecule has 13 heavy (non-hydrogen) atoms. The topological polar surface area (TPSA) is 12.0 Å². The van der Waals surface area contributed by atoms with Gasteiger partial charge in [-0.25, -0.2) is 0 Å². The summed E-state index contributed by atoms with van der Waals surface area (Å²) < 4.78 is 1.20. The number of nitrogens with one attached hydrogen (secondary N) is 1. The molecule has 2 rings (SSSR count). The van der Waals surface area contributed by atoms with E-state index in [2.05, 4.69) is 39.6 Å². The Morgan fingerprint density at radius 3 is 3.08 bits per heavy atom. The van der Waals surface area contributed by atoms with Crippen molar-refractivity contribution in [3.05, 3.63) is 20.8 Å². The first-order valence-corrected chi connectivity index (χ1v) is 7.13. The molecule has 1 aliphatic rings. The maximum absolute atomic E-state index is 3.62. The van der Waals surface area contributed by atoms with Crippen molar-refractivity contribution in [2.24, 2.45) is 0 Å². The summed E-state index contributed by atoms with van der Waals surface area (Å²) in [4.78, 5) is 1.44. The smallest absolute Gasteiger partial charge is 0.0886 e. The molecular weight excluding hydrogens is 266 g/mol. The number of thioether (sulfide) groups is 1. The maximum Gasteiger partial charge on any atom is 0.0886 e. The summed E-state index contributed by atoms with van der Waals surface area (Å²) in [6.07, 6.45) is 1.23. The van der Waals surface area contributed by atoms with Gasteiger partial charge in [0, 0.05) is 26.5 Å². The normalized spacial score (nSPS) is 28.2. The zero-order valence-corrected chi connectivity index (χ0v) is 10.6. The van der Waals surface area contributed by atoms with Crippen LogP contribution < -0.4 is 5.32 Å². The van der Waals surface area contributed by atoms with Crippen molar-refractivity contribution in [3.8, 4) is 0 Å². The van der Waals surface area contributed by atoms with Gasteiger partial charge < -0.3 is 0 Å². The Morgan fingerprint density at radius 2 is 2.54 bits per heavy atom. The predicted octanol–water partition coefficient (Wildman–Crippen LogP) is 3.62. The molecule has 2 unspecified atom stereocenters. The van der Waals surface area contributed by atoms with Gasteiger partial charge in [0.25, 0.3) is 0 Å². The highest BCUT2D eigenvalue weighted by atomic mass is 79.9. The molecule has 72 valence electrons. The second-order valence-electron chi connectivity index (χ2n) is 3.15. The van der Waals surface area contributed by atoms with Crippen molar-refractivity contribution in [2.45, 2.75) is 24.8 Å². The lowest BCUT2D eigenvalue weighted by atomic mass is 10.2. The fraction of sp³-hybridized carbons (Fsp3) is 0.556. The molecule has 1 saturated heterocycles. The molecule has 0 bridgehead atoms. The molecular formula is C9H12BrNS2. The quantitative estimate of drug-likeness (QED) is 0.886. The summed E-state index contributed by atoms with van der Waals surface area (Å²) >= 11 is 7.33. The van der Waals surface area contributed by atoms with Gasteiger partial charge in [0.05, 0.1) is 5.37 Å². The van der Waals surface area contributed by atoms with E-state index in [1.165, 1.54) is 21.5 Å². The Kier molecular flexibility index (Phi) is 3.35. The van der Waals surface area contributed by atoms with E-state index in [1.54, 1.807) is 0 Å². The molecule has 0 spiro atoms. The predicted molar refractivity (Wildman–Crippen MR) is 64.4 cm³/mol. The van der Waals surface area contributed by atoms with Crippen molar-refractivity contribution in [1.82, 2.24) is 5.32 Å². The summed E-state index contributed by atoms with van der Waals surface area (Å²) in [5.74, 6) is 1.25. The minimum absolute atomic E-state index is 0.529. The molecule has 1 aromatic heterocycles. The first-order valence-electron chi connectivity index (χ1n) is 4.41. The van der Waals surface area contributed by atoms with Gasteiger partial charge in [-0.2, -0.15) is 0 Å². The van der Waals surface area contributed by atoms with Gasteiger partial charge in [-0.15, -0.1) is 23.1 Å². The first kappa shape index (κ1) is 10.0. The van der Waals surface area contributed by atoms with Gasteiger partial charge in [0.1, 0.15) is 0 Å². The Labute approximate surface area is 95.4 Å². The largest absolute Gasteiger partial charge is 0.297 e. The zero-order chi connectivity index (χ0) is 9.26. The molecule has 0 aliphatic carbocycles. The third-order valence-electron chi connectivity index (χ3n) is 2.19. The molecule has 1 fully saturated rings. The second-order valence-corrected chi connectivity index (χ2v) is 6.15. The van der Waals surface area contributed by atoms with Gasteiger partial charge in [-0.05, 0) is 28.4 Å². The van der Waals surface area contributed by atoms with Gasteiger partial charge >= 0.3 is 0 Å². The van der Waals surface area contributed by atoms with Crippen molar-refractivity contribution in [2.75, 3.05) is 5.75 Å². The Hall–Kier alpha value is 0.490. The van der Waals surface area contributed by atoms with Crippen molar-refractivity contribution in [3.63, 3.8) is 0 Å². The van der Waals surface area contributed by atoms with Crippen LogP contribution in [0.25, 0.3) is 0 Å². The molecule has 0 radical (unpaired) electrons. The van der Waals surface area contributed by atoms with Crippen LogP contribution in [-0.4, -0.2) is 11.8 Å². The first-order chi connectivity index (χ1) is 6.29. The molecule has 1 aliphatic heterocycles. The molecule has 4 heteroatoms. The lowest BCUT2D eigenvalue weighted by molar-refractivity contribution is 0.564. The van der Waals surface area contributed by atoms with Gasteiger partial charge in [0.15, 0.2) is 0 Å². The van der Waals surface area contributed by atoms with Crippen LogP contribution in [0.1, 0.15) is 23.6 Å². The Morgan fingerprint density at radius 1 is 1.69 bits per heavy atom. The van der Waals surface area contributed by atoms with Crippen LogP contribution in [0, 0.1) is 0 Å². The highest BCUT2D eigenvalue weighted by molar-refractivity contribution is 9.10. The van der Waals surface area contributed by atoms with E-state index >= 15 is 0 Å². The second kappa shape index (κ2) is 4.34. The van der Waals surface area contributed by atoms with Crippen LogP contribution in [0.4, 0.5) is 0 Å². The molecule has 0 aromatic carbocycles. The number of hydrogen-bond donors (Lipinski definition) is 1.